The molecule has 0 aliphatic heterocycles. The van der Waals surface area contributed by atoms with Gasteiger partial charge in [-0.05, 0) is 50.1 Å². The minimum Gasteiger partial charge on any atom is -0.337 e. The van der Waals surface area contributed by atoms with Gasteiger partial charge in [0, 0.05) is 11.6 Å². The summed E-state index contributed by atoms with van der Waals surface area (Å²) in [6.45, 7) is 7.62. The van der Waals surface area contributed by atoms with Crippen molar-refractivity contribution in [2.45, 2.75) is 44.7 Å². The first-order valence-electron chi connectivity index (χ1n) is 10.3. The van der Waals surface area contributed by atoms with Crippen LogP contribution in [-0.2, 0) is 10.0 Å². The monoisotopic (exact) mass is 455 g/mol. The normalized spacial score (nSPS) is 13.3. The Hall–Kier alpha value is -3.24. The lowest BCUT2D eigenvalue weighted by molar-refractivity contribution is 0.311. The zero-order chi connectivity index (χ0) is 23.0. The molecule has 0 spiro atoms. The van der Waals surface area contributed by atoms with E-state index in [1.54, 1.807) is 28.8 Å². The van der Waals surface area contributed by atoms with E-state index < -0.39 is 16.1 Å². The lowest BCUT2D eigenvalue weighted by atomic mass is 10.1. The second-order valence-electron chi connectivity index (χ2n) is 8.24. The Morgan fingerprint density at radius 3 is 2.44 bits per heavy atom. The van der Waals surface area contributed by atoms with Crippen molar-refractivity contribution in [1.82, 2.24) is 24.4 Å². The standard InChI is InChI=1S/C22H25N5O4S/c1-13(2)19(26-32(29,30)16-8-6-5-7-9-16)21-24-20(25-31-21)15-10-11-18-17(12-15)23-22(28)27(18)14(3)4/h5-14,19,26H,1-4H3,(H,23,28)/t19-/m1/s1. The summed E-state index contributed by atoms with van der Waals surface area (Å²) < 4.78 is 35.4. The van der Waals surface area contributed by atoms with E-state index in [9.17, 15) is 13.2 Å². The van der Waals surface area contributed by atoms with Crippen molar-refractivity contribution in [3.63, 3.8) is 0 Å². The maximum atomic E-state index is 12.8. The van der Waals surface area contributed by atoms with Gasteiger partial charge in [-0.3, -0.25) is 4.57 Å². The molecule has 168 valence electrons. The minimum absolute atomic E-state index is 0.0170. The van der Waals surface area contributed by atoms with Crippen molar-refractivity contribution < 1.29 is 12.9 Å². The van der Waals surface area contributed by atoms with Crippen molar-refractivity contribution in [3.8, 4) is 11.4 Å². The summed E-state index contributed by atoms with van der Waals surface area (Å²) in [5, 5.41) is 4.04. The molecule has 0 amide bonds. The molecule has 32 heavy (non-hydrogen) atoms. The summed E-state index contributed by atoms with van der Waals surface area (Å²) in [6.07, 6.45) is 0. The quantitative estimate of drug-likeness (QED) is 0.439. The van der Waals surface area contributed by atoms with E-state index in [4.69, 9.17) is 4.52 Å². The fourth-order valence-electron chi connectivity index (χ4n) is 3.57. The first-order chi connectivity index (χ1) is 15.2. The molecule has 0 aliphatic carbocycles. The Labute approximate surface area is 185 Å². The van der Waals surface area contributed by atoms with Crippen LogP contribution in [0.2, 0.25) is 0 Å². The number of nitrogens with one attached hydrogen (secondary N) is 2. The van der Waals surface area contributed by atoms with Gasteiger partial charge < -0.3 is 9.51 Å². The highest BCUT2D eigenvalue weighted by molar-refractivity contribution is 7.89. The molecule has 0 aliphatic rings. The molecule has 0 saturated carbocycles. The number of sulfonamides is 1. The van der Waals surface area contributed by atoms with Crippen LogP contribution in [0, 0.1) is 5.92 Å². The number of benzene rings is 2. The molecule has 9 nitrogen and oxygen atoms in total. The van der Waals surface area contributed by atoms with Crippen LogP contribution in [0.4, 0.5) is 0 Å². The van der Waals surface area contributed by atoms with Gasteiger partial charge in [0.25, 0.3) is 0 Å². The van der Waals surface area contributed by atoms with Gasteiger partial charge in [-0.25, -0.2) is 13.2 Å². The maximum Gasteiger partial charge on any atom is 0.326 e. The molecule has 2 aromatic heterocycles. The summed E-state index contributed by atoms with van der Waals surface area (Å²) in [5.74, 6) is 0.341. The average molecular weight is 456 g/mol. The van der Waals surface area contributed by atoms with Crippen molar-refractivity contribution in [2.75, 3.05) is 0 Å². The first-order valence-corrected chi connectivity index (χ1v) is 11.8. The molecule has 2 aromatic carbocycles. The van der Waals surface area contributed by atoms with Gasteiger partial charge in [0.15, 0.2) is 0 Å². The summed E-state index contributed by atoms with van der Waals surface area (Å²) >= 11 is 0. The third-order valence-electron chi connectivity index (χ3n) is 5.20. The Morgan fingerprint density at radius 2 is 1.78 bits per heavy atom. The summed E-state index contributed by atoms with van der Waals surface area (Å²) in [7, 11) is -3.77. The fraction of sp³-hybridized carbons (Fsp3) is 0.318. The van der Waals surface area contributed by atoms with Crippen LogP contribution in [0.25, 0.3) is 22.4 Å². The average Bonchev–Trinajstić information content (AvgIpc) is 3.35. The van der Waals surface area contributed by atoms with Crippen molar-refractivity contribution in [1.29, 1.82) is 0 Å². The number of aromatic nitrogens is 4. The summed E-state index contributed by atoms with van der Waals surface area (Å²) in [6, 6.07) is 12.9. The zero-order valence-corrected chi connectivity index (χ0v) is 19.1. The molecular formula is C22H25N5O4S. The molecule has 10 heteroatoms. The van der Waals surface area contributed by atoms with Gasteiger partial charge in [-0.15, -0.1) is 0 Å². The molecule has 1 atom stereocenters. The second kappa shape index (κ2) is 8.36. The predicted octanol–water partition coefficient (Wildman–Crippen LogP) is 3.64. The summed E-state index contributed by atoms with van der Waals surface area (Å²) in [5.41, 5.74) is 1.92. The first kappa shape index (κ1) is 22.0. The molecular weight excluding hydrogens is 430 g/mol. The number of nitrogens with zero attached hydrogens (tertiary/aromatic N) is 3. The molecule has 0 unspecified atom stereocenters. The Kier molecular flexibility index (Phi) is 5.74. The SMILES string of the molecule is CC(C)[C@@H](NS(=O)(=O)c1ccccc1)c1nc(-c2ccc3c(c2)[nH]c(=O)n3C(C)C)no1. The van der Waals surface area contributed by atoms with Crippen LogP contribution in [-0.4, -0.2) is 28.1 Å². The van der Waals surface area contributed by atoms with Gasteiger partial charge in [0.2, 0.25) is 21.7 Å². The number of hydrogen-bond donors (Lipinski definition) is 2. The lowest BCUT2D eigenvalue weighted by Gasteiger charge is -2.18. The van der Waals surface area contributed by atoms with E-state index in [1.807, 2.05) is 39.8 Å². The number of hydrogen-bond acceptors (Lipinski definition) is 6. The molecule has 4 rings (SSSR count). The van der Waals surface area contributed by atoms with E-state index >= 15 is 0 Å². The van der Waals surface area contributed by atoms with Gasteiger partial charge in [0.05, 0.1) is 15.9 Å². The van der Waals surface area contributed by atoms with E-state index in [0.29, 0.717) is 16.9 Å². The molecule has 2 heterocycles. The number of H-pyrrole nitrogens is 1. The van der Waals surface area contributed by atoms with Crippen LogP contribution in [0.15, 0.2) is 62.7 Å². The number of fused-ring (bicyclic) bond motifs is 1. The Morgan fingerprint density at radius 1 is 1.06 bits per heavy atom. The van der Waals surface area contributed by atoms with Crippen molar-refractivity contribution in [2.24, 2.45) is 5.92 Å². The number of aromatic amines is 1. The van der Waals surface area contributed by atoms with Crippen molar-refractivity contribution in [3.05, 3.63) is 64.9 Å². The Bertz CT molecular complexity index is 1400. The fourth-order valence-corrected chi connectivity index (χ4v) is 4.93. The van der Waals surface area contributed by atoms with Crippen LogP contribution in [0.1, 0.15) is 45.7 Å². The predicted molar refractivity (Wildman–Crippen MR) is 121 cm³/mol. The molecule has 4 aromatic rings. The molecule has 0 fully saturated rings. The topological polar surface area (TPSA) is 123 Å². The van der Waals surface area contributed by atoms with E-state index in [2.05, 4.69) is 19.8 Å². The number of rotatable bonds is 7. The van der Waals surface area contributed by atoms with E-state index in [0.717, 1.165) is 5.52 Å². The zero-order valence-electron chi connectivity index (χ0n) is 18.2. The van der Waals surface area contributed by atoms with E-state index in [-0.39, 0.29) is 28.4 Å². The third kappa shape index (κ3) is 4.11. The third-order valence-corrected chi connectivity index (χ3v) is 6.66. The highest BCUT2D eigenvalue weighted by Gasteiger charge is 2.28. The largest absolute Gasteiger partial charge is 0.337 e. The highest BCUT2D eigenvalue weighted by atomic mass is 32.2. The van der Waals surface area contributed by atoms with E-state index in [1.165, 1.54) is 12.1 Å². The molecule has 0 radical (unpaired) electrons. The minimum atomic E-state index is -3.77. The van der Waals surface area contributed by atoms with Crippen molar-refractivity contribution >= 4 is 21.1 Å². The second-order valence-corrected chi connectivity index (χ2v) is 9.95. The van der Waals surface area contributed by atoms with Gasteiger partial charge >= 0.3 is 5.69 Å². The Balaban J connectivity index is 1.66. The molecule has 0 bridgehead atoms. The highest BCUT2D eigenvalue weighted by Crippen LogP contribution is 2.27. The molecule has 0 saturated heterocycles. The van der Waals surface area contributed by atoms with Crippen LogP contribution in [0.3, 0.4) is 0 Å². The molecule has 2 N–H and O–H groups in total. The van der Waals surface area contributed by atoms with Gasteiger partial charge in [0.1, 0.15) is 6.04 Å². The van der Waals surface area contributed by atoms with Crippen LogP contribution < -0.4 is 10.4 Å². The van der Waals surface area contributed by atoms with Gasteiger partial charge in [-0.1, -0.05) is 37.2 Å². The van der Waals surface area contributed by atoms with Crippen LogP contribution in [0.5, 0.6) is 0 Å². The summed E-state index contributed by atoms with van der Waals surface area (Å²) in [4.78, 5) is 19.7. The van der Waals surface area contributed by atoms with Gasteiger partial charge in [-0.2, -0.15) is 9.71 Å². The maximum absolute atomic E-state index is 12.8. The smallest absolute Gasteiger partial charge is 0.326 e. The number of imidazole rings is 1. The lowest BCUT2D eigenvalue weighted by Crippen LogP contribution is -2.32. The van der Waals surface area contributed by atoms with Crippen LogP contribution >= 0.6 is 0 Å².